The Bertz CT molecular complexity index is 704. The summed E-state index contributed by atoms with van der Waals surface area (Å²) in [6.45, 7) is 1.88. The topological polar surface area (TPSA) is 60.4 Å². The summed E-state index contributed by atoms with van der Waals surface area (Å²) in [6, 6.07) is 15.1. The molecule has 0 aliphatic rings. The lowest BCUT2D eigenvalue weighted by atomic mass is 10.2. The van der Waals surface area contributed by atoms with Gasteiger partial charge in [-0.1, -0.05) is 35.9 Å². The second-order valence-electron chi connectivity index (χ2n) is 4.67. The molecule has 0 saturated carbocycles. The molecule has 0 fully saturated rings. The number of ether oxygens (including phenoxy) is 1. The zero-order valence-electron chi connectivity index (χ0n) is 11.7. The van der Waals surface area contributed by atoms with E-state index < -0.39 is 15.8 Å². The summed E-state index contributed by atoms with van der Waals surface area (Å²) in [6.07, 6.45) is -0.175. The van der Waals surface area contributed by atoms with E-state index in [9.17, 15) is 13.2 Å². The summed E-state index contributed by atoms with van der Waals surface area (Å²) >= 11 is 0. The second kappa shape index (κ2) is 6.54. The maximum Gasteiger partial charge on any atom is 0.312 e. The molecular formula is C16H16O4S. The van der Waals surface area contributed by atoms with Crippen molar-refractivity contribution < 1.29 is 17.9 Å². The molecule has 0 spiro atoms. The molecule has 21 heavy (non-hydrogen) atoms. The Balaban J connectivity index is 1.95. The van der Waals surface area contributed by atoms with Gasteiger partial charge in [-0.3, -0.25) is 4.79 Å². The first-order chi connectivity index (χ1) is 9.97. The van der Waals surface area contributed by atoms with Crippen LogP contribution in [0.4, 0.5) is 0 Å². The minimum absolute atomic E-state index is 0.175. The first-order valence-electron chi connectivity index (χ1n) is 6.52. The summed E-state index contributed by atoms with van der Waals surface area (Å²) in [5.74, 6) is -0.408. The number of sulfone groups is 1. The predicted molar refractivity (Wildman–Crippen MR) is 79.9 cm³/mol. The Labute approximate surface area is 124 Å². The van der Waals surface area contributed by atoms with E-state index >= 15 is 0 Å². The summed E-state index contributed by atoms with van der Waals surface area (Å²) in [5.41, 5.74) is 0.984. The lowest BCUT2D eigenvalue weighted by Crippen LogP contribution is -2.15. The predicted octanol–water partition coefficient (Wildman–Crippen LogP) is 2.76. The maximum atomic E-state index is 12.1. The van der Waals surface area contributed by atoms with Crippen LogP contribution in [-0.4, -0.2) is 20.1 Å². The highest BCUT2D eigenvalue weighted by atomic mass is 32.2. The minimum Gasteiger partial charge on any atom is -0.427 e. The maximum absolute atomic E-state index is 12.1. The lowest BCUT2D eigenvalue weighted by Gasteiger charge is -2.06. The summed E-state index contributed by atoms with van der Waals surface area (Å²) < 4.78 is 29.2. The van der Waals surface area contributed by atoms with Crippen molar-refractivity contribution in [1.29, 1.82) is 0 Å². The number of carbonyl (C=O) groups excluding carboxylic acids is 1. The van der Waals surface area contributed by atoms with Gasteiger partial charge in [-0.2, -0.15) is 0 Å². The molecule has 0 atom stereocenters. The van der Waals surface area contributed by atoms with Crippen molar-refractivity contribution in [3.05, 3.63) is 60.2 Å². The third-order valence-corrected chi connectivity index (χ3v) is 4.66. The van der Waals surface area contributed by atoms with Gasteiger partial charge < -0.3 is 4.74 Å². The molecule has 0 aliphatic heterocycles. The fourth-order valence-corrected chi connectivity index (χ4v) is 2.97. The Kier molecular flexibility index (Phi) is 4.75. The van der Waals surface area contributed by atoms with Gasteiger partial charge in [0.05, 0.1) is 17.1 Å². The van der Waals surface area contributed by atoms with Crippen molar-refractivity contribution in [3.63, 3.8) is 0 Å². The van der Waals surface area contributed by atoms with Crippen LogP contribution in [0.2, 0.25) is 0 Å². The van der Waals surface area contributed by atoms with Gasteiger partial charge in [-0.25, -0.2) is 8.42 Å². The van der Waals surface area contributed by atoms with E-state index in [2.05, 4.69) is 0 Å². The van der Waals surface area contributed by atoms with E-state index in [0.29, 0.717) is 5.75 Å². The molecule has 0 heterocycles. The van der Waals surface area contributed by atoms with Crippen LogP contribution in [0.5, 0.6) is 5.75 Å². The quantitative estimate of drug-likeness (QED) is 0.629. The number of para-hydroxylation sites is 1. The molecule has 0 N–H and O–H groups in total. The standard InChI is InChI=1S/C16H16O4S/c1-13-7-9-15(10-8-13)21(18,19)12-11-16(17)20-14-5-3-2-4-6-14/h2-10H,11-12H2,1H3. The highest BCUT2D eigenvalue weighted by Gasteiger charge is 2.17. The van der Waals surface area contributed by atoms with Gasteiger partial charge in [-0.15, -0.1) is 0 Å². The smallest absolute Gasteiger partial charge is 0.312 e. The number of esters is 1. The van der Waals surface area contributed by atoms with Gasteiger partial charge in [0.2, 0.25) is 0 Å². The zero-order chi connectivity index (χ0) is 15.3. The van der Waals surface area contributed by atoms with Crippen LogP contribution in [0.25, 0.3) is 0 Å². The molecule has 4 nitrogen and oxygen atoms in total. The normalized spacial score (nSPS) is 11.1. The number of hydrogen-bond donors (Lipinski definition) is 0. The molecule has 0 aromatic heterocycles. The van der Waals surface area contributed by atoms with Crippen LogP contribution in [0.1, 0.15) is 12.0 Å². The lowest BCUT2D eigenvalue weighted by molar-refractivity contribution is -0.133. The molecule has 2 rings (SSSR count). The number of aryl methyl sites for hydroxylation is 1. The van der Waals surface area contributed by atoms with Crippen LogP contribution in [0, 0.1) is 6.92 Å². The van der Waals surface area contributed by atoms with E-state index in [4.69, 9.17) is 4.74 Å². The van der Waals surface area contributed by atoms with E-state index in [1.807, 2.05) is 6.92 Å². The van der Waals surface area contributed by atoms with Gasteiger partial charge in [-0.05, 0) is 31.2 Å². The average molecular weight is 304 g/mol. The fraction of sp³-hybridized carbons (Fsp3) is 0.188. The Morgan fingerprint density at radius 2 is 1.62 bits per heavy atom. The number of rotatable bonds is 5. The van der Waals surface area contributed by atoms with Crippen LogP contribution in [0.3, 0.4) is 0 Å². The summed E-state index contributed by atoms with van der Waals surface area (Å²) in [5, 5.41) is 0. The number of benzene rings is 2. The van der Waals surface area contributed by atoms with Gasteiger partial charge in [0, 0.05) is 0 Å². The third-order valence-electron chi connectivity index (χ3n) is 2.93. The van der Waals surface area contributed by atoms with Crippen molar-refractivity contribution >= 4 is 15.8 Å². The summed E-state index contributed by atoms with van der Waals surface area (Å²) in [7, 11) is -3.47. The Morgan fingerprint density at radius 3 is 2.24 bits per heavy atom. The highest BCUT2D eigenvalue weighted by Crippen LogP contribution is 2.14. The Hall–Kier alpha value is -2.14. The van der Waals surface area contributed by atoms with Gasteiger partial charge in [0.1, 0.15) is 5.75 Å². The van der Waals surface area contributed by atoms with Gasteiger partial charge in [0.25, 0.3) is 0 Å². The van der Waals surface area contributed by atoms with E-state index in [0.717, 1.165) is 5.56 Å². The largest absolute Gasteiger partial charge is 0.427 e. The van der Waals surface area contributed by atoms with Gasteiger partial charge in [0.15, 0.2) is 9.84 Å². The average Bonchev–Trinajstić information content (AvgIpc) is 2.47. The molecule has 2 aromatic carbocycles. The first kappa shape index (κ1) is 15.3. The SMILES string of the molecule is Cc1ccc(S(=O)(=O)CCC(=O)Oc2ccccc2)cc1. The van der Waals surface area contributed by atoms with Crippen LogP contribution in [-0.2, 0) is 14.6 Å². The molecule has 2 aromatic rings. The van der Waals surface area contributed by atoms with Crippen molar-refractivity contribution in [3.8, 4) is 5.75 Å². The van der Waals surface area contributed by atoms with Crippen molar-refractivity contribution in [1.82, 2.24) is 0 Å². The third kappa shape index (κ3) is 4.43. The molecular weight excluding hydrogens is 288 g/mol. The molecule has 5 heteroatoms. The minimum atomic E-state index is -3.47. The monoisotopic (exact) mass is 304 g/mol. The molecule has 0 unspecified atom stereocenters. The van der Waals surface area contributed by atoms with Crippen molar-refractivity contribution in [2.24, 2.45) is 0 Å². The number of hydrogen-bond acceptors (Lipinski definition) is 4. The Morgan fingerprint density at radius 1 is 1.00 bits per heavy atom. The number of carbonyl (C=O) groups is 1. The fourth-order valence-electron chi connectivity index (χ4n) is 1.75. The zero-order valence-corrected chi connectivity index (χ0v) is 12.5. The van der Waals surface area contributed by atoms with Gasteiger partial charge >= 0.3 is 5.97 Å². The van der Waals surface area contributed by atoms with Crippen molar-refractivity contribution in [2.75, 3.05) is 5.75 Å². The van der Waals surface area contributed by atoms with E-state index in [-0.39, 0.29) is 17.1 Å². The van der Waals surface area contributed by atoms with E-state index in [1.165, 1.54) is 0 Å². The van der Waals surface area contributed by atoms with Crippen LogP contribution < -0.4 is 4.74 Å². The van der Waals surface area contributed by atoms with Crippen LogP contribution in [0.15, 0.2) is 59.5 Å². The second-order valence-corrected chi connectivity index (χ2v) is 6.78. The van der Waals surface area contributed by atoms with E-state index in [1.54, 1.807) is 54.6 Å². The molecule has 0 bridgehead atoms. The summed E-state index contributed by atoms with van der Waals surface area (Å²) in [4.78, 5) is 11.9. The van der Waals surface area contributed by atoms with Crippen LogP contribution >= 0.6 is 0 Å². The molecule has 110 valence electrons. The molecule has 0 aliphatic carbocycles. The molecule has 0 saturated heterocycles. The first-order valence-corrected chi connectivity index (χ1v) is 8.18. The molecule has 0 radical (unpaired) electrons. The van der Waals surface area contributed by atoms with Crippen molar-refractivity contribution in [2.45, 2.75) is 18.2 Å². The highest BCUT2D eigenvalue weighted by molar-refractivity contribution is 7.91. The molecule has 0 amide bonds.